The van der Waals surface area contributed by atoms with E-state index in [-0.39, 0.29) is 31.6 Å². The van der Waals surface area contributed by atoms with Gasteiger partial charge in [0.1, 0.15) is 40.3 Å². The average molecular weight is 788 g/mol. The molecule has 0 radical (unpaired) electrons. The molecule has 308 valence electrons. The summed E-state index contributed by atoms with van der Waals surface area (Å²) in [6.07, 6.45) is 3.00. The number of rotatable bonds is 15. The van der Waals surface area contributed by atoms with E-state index in [2.05, 4.69) is 21.3 Å². The number of carbonyl (C=O) groups is 6. The zero-order chi connectivity index (χ0) is 42.0. The van der Waals surface area contributed by atoms with Gasteiger partial charge in [0.2, 0.25) is 23.6 Å². The highest BCUT2D eigenvalue weighted by Crippen LogP contribution is 2.30. The normalized spacial score (nSPS) is 15.1. The lowest BCUT2D eigenvalue weighted by Crippen LogP contribution is -2.65. The molecule has 1 fully saturated rings. The zero-order valence-corrected chi connectivity index (χ0v) is 33.8. The molecular formula is C43H57N5O9. The number of nitrogens with one attached hydrogen (secondary N) is 4. The molecule has 0 spiro atoms. The van der Waals surface area contributed by atoms with E-state index in [4.69, 9.17) is 15.2 Å². The molecule has 0 aliphatic heterocycles. The summed E-state index contributed by atoms with van der Waals surface area (Å²) in [6.45, 7) is 10.8. The molecule has 0 unspecified atom stereocenters. The van der Waals surface area contributed by atoms with Crippen molar-refractivity contribution < 1.29 is 43.3 Å². The number of aryl methyl sites for hydroxylation is 1. The smallest absolute Gasteiger partial charge is 0.397 e. The number of esters is 1. The first-order chi connectivity index (χ1) is 26.7. The van der Waals surface area contributed by atoms with Crippen LogP contribution in [0.1, 0.15) is 97.6 Å². The number of hydrogen-bond acceptors (Lipinski definition) is 9. The van der Waals surface area contributed by atoms with Crippen LogP contribution in [0.2, 0.25) is 0 Å². The van der Waals surface area contributed by atoms with Crippen molar-refractivity contribution in [2.45, 2.75) is 128 Å². The summed E-state index contributed by atoms with van der Waals surface area (Å²) in [4.78, 5) is 79.6. The molecule has 1 aliphatic carbocycles. The van der Waals surface area contributed by atoms with Crippen LogP contribution in [-0.2, 0) is 46.3 Å². The van der Waals surface area contributed by atoms with Crippen molar-refractivity contribution >= 4 is 46.3 Å². The van der Waals surface area contributed by atoms with Gasteiger partial charge >= 0.3 is 11.9 Å². The number of carbonyl (C=O) groups excluding carboxylic acids is 6. The summed E-state index contributed by atoms with van der Waals surface area (Å²) in [5.74, 6) is -4.34. The van der Waals surface area contributed by atoms with E-state index in [1.54, 1.807) is 57.2 Å². The van der Waals surface area contributed by atoms with E-state index in [1.807, 2.05) is 45.0 Å². The van der Waals surface area contributed by atoms with Crippen LogP contribution in [0.4, 0.5) is 0 Å². The molecule has 4 rings (SSSR count). The van der Waals surface area contributed by atoms with Gasteiger partial charge in [-0.1, -0.05) is 61.7 Å². The van der Waals surface area contributed by atoms with E-state index in [1.165, 1.54) is 0 Å². The Bertz CT molecular complexity index is 1930. The first-order valence-electron chi connectivity index (χ1n) is 19.5. The molecule has 14 heteroatoms. The third-order valence-electron chi connectivity index (χ3n) is 9.44. The highest BCUT2D eigenvalue weighted by molar-refractivity contribution is 6.33. The van der Waals surface area contributed by atoms with Gasteiger partial charge in [-0.15, -0.1) is 0 Å². The maximum Gasteiger partial charge on any atom is 0.397 e. The number of aromatic hydroxyl groups is 1. The van der Waals surface area contributed by atoms with E-state index >= 15 is 0 Å². The Morgan fingerprint density at radius 1 is 0.789 bits per heavy atom. The van der Waals surface area contributed by atoms with Crippen molar-refractivity contribution in [3.63, 3.8) is 0 Å². The van der Waals surface area contributed by atoms with Crippen molar-refractivity contribution in [1.29, 1.82) is 0 Å². The van der Waals surface area contributed by atoms with Crippen molar-refractivity contribution in [1.82, 2.24) is 21.3 Å². The van der Waals surface area contributed by atoms with Crippen LogP contribution in [0.25, 0.3) is 10.8 Å². The molecular weight excluding hydrogens is 730 g/mol. The van der Waals surface area contributed by atoms with Gasteiger partial charge in [-0.05, 0) is 102 Å². The Morgan fingerprint density at radius 3 is 2.07 bits per heavy atom. The van der Waals surface area contributed by atoms with Crippen LogP contribution in [0.15, 0.2) is 60.7 Å². The van der Waals surface area contributed by atoms with Gasteiger partial charge < -0.3 is 41.6 Å². The number of phenolic OH excluding ortho intramolecular Hbond substituents is 1. The molecule has 1 aliphatic rings. The van der Waals surface area contributed by atoms with Gasteiger partial charge in [0, 0.05) is 18.4 Å². The number of ether oxygens (including phenoxy) is 2. The molecule has 7 N–H and O–H groups in total. The molecule has 5 amide bonds. The summed E-state index contributed by atoms with van der Waals surface area (Å²) in [6, 6.07) is 15.3. The molecule has 57 heavy (non-hydrogen) atoms. The first kappa shape index (κ1) is 44.1. The van der Waals surface area contributed by atoms with Gasteiger partial charge in [0.25, 0.3) is 0 Å². The number of nitrogens with two attached hydrogens (primary N) is 1. The second kappa shape index (κ2) is 19.0. The summed E-state index contributed by atoms with van der Waals surface area (Å²) in [7, 11) is 0. The molecule has 0 bridgehead atoms. The quantitative estimate of drug-likeness (QED) is 0.0744. The van der Waals surface area contributed by atoms with Gasteiger partial charge in [-0.2, -0.15) is 0 Å². The fourth-order valence-corrected chi connectivity index (χ4v) is 6.82. The Kier molecular flexibility index (Phi) is 14.7. The van der Waals surface area contributed by atoms with Crippen LogP contribution >= 0.6 is 0 Å². The lowest BCUT2D eigenvalue weighted by molar-refractivity contribution is -0.163. The number of hydrogen-bond donors (Lipinski definition) is 6. The van der Waals surface area contributed by atoms with Crippen LogP contribution in [0.5, 0.6) is 11.5 Å². The molecule has 0 heterocycles. The third-order valence-corrected chi connectivity index (χ3v) is 9.44. The Morgan fingerprint density at radius 2 is 1.44 bits per heavy atom. The Balaban J connectivity index is 1.49. The summed E-state index contributed by atoms with van der Waals surface area (Å²) in [5.41, 5.74) is 4.23. The topological polar surface area (TPSA) is 215 Å². The SMILES string of the molecule is CC(C)(C)OC(=O)C(=O)N[C@@H](Cc1ccc(OC(C)(C)C)cc1)C(=O)NC1(C(=O)N[C@@H](CC(N)=O)C(=O)NCCCc2cccc3c(O)cccc23)CCCCC1. The molecule has 2 atom stereocenters. The van der Waals surface area contributed by atoms with Crippen LogP contribution < -0.4 is 31.7 Å². The fourth-order valence-electron chi connectivity index (χ4n) is 6.82. The summed E-state index contributed by atoms with van der Waals surface area (Å²) >= 11 is 0. The minimum Gasteiger partial charge on any atom is -0.507 e. The highest BCUT2D eigenvalue weighted by atomic mass is 16.6. The van der Waals surface area contributed by atoms with E-state index < -0.39 is 70.8 Å². The molecule has 3 aromatic rings. The van der Waals surface area contributed by atoms with Crippen molar-refractivity contribution in [3.8, 4) is 11.5 Å². The number of fused-ring (bicyclic) bond motifs is 1. The number of amides is 5. The molecule has 3 aromatic carbocycles. The number of phenols is 1. The van der Waals surface area contributed by atoms with Crippen LogP contribution in [0.3, 0.4) is 0 Å². The number of benzene rings is 3. The van der Waals surface area contributed by atoms with Gasteiger partial charge in [0.05, 0.1) is 6.42 Å². The first-order valence-corrected chi connectivity index (χ1v) is 19.5. The summed E-state index contributed by atoms with van der Waals surface area (Å²) in [5, 5.41) is 22.7. The van der Waals surface area contributed by atoms with E-state index in [0.717, 1.165) is 22.8 Å². The van der Waals surface area contributed by atoms with E-state index in [0.29, 0.717) is 37.0 Å². The molecule has 1 saturated carbocycles. The predicted molar refractivity (Wildman–Crippen MR) is 215 cm³/mol. The van der Waals surface area contributed by atoms with Gasteiger partial charge in [0.15, 0.2) is 0 Å². The maximum absolute atomic E-state index is 14.2. The average Bonchev–Trinajstić information content (AvgIpc) is 3.12. The lowest BCUT2D eigenvalue weighted by atomic mass is 9.80. The highest BCUT2D eigenvalue weighted by Gasteiger charge is 2.44. The Hall–Kier alpha value is -5.66. The standard InChI is InChI=1S/C43H57N5O9/c1-41(2,3)56-29-20-18-27(19-21-29)25-32(46-38(53)39(54)57-42(4,5)6)37(52)48-43(22-8-7-9-23-43)40(55)47-33(26-35(44)50)36(51)45-24-12-14-28-13-10-16-31-30(28)15-11-17-34(31)49/h10-11,13,15-21,32-33,49H,7-9,12,14,22-26H2,1-6H3,(H2,44,50)(H,45,51)(H,46,53)(H,47,55)(H,48,52)/t32-,33-/m0/s1. The lowest BCUT2D eigenvalue weighted by Gasteiger charge is -2.38. The monoisotopic (exact) mass is 787 g/mol. The largest absolute Gasteiger partial charge is 0.507 e. The van der Waals surface area contributed by atoms with Gasteiger partial charge in [-0.3, -0.25) is 24.0 Å². The fraction of sp³-hybridized carbons (Fsp3) is 0.488. The van der Waals surface area contributed by atoms with Crippen LogP contribution in [-0.4, -0.2) is 76.0 Å². The zero-order valence-electron chi connectivity index (χ0n) is 33.8. The van der Waals surface area contributed by atoms with E-state index in [9.17, 15) is 33.9 Å². The molecule has 0 saturated heterocycles. The molecule has 0 aromatic heterocycles. The Labute approximate surface area is 334 Å². The van der Waals surface area contributed by atoms with Gasteiger partial charge in [-0.25, -0.2) is 4.79 Å². The minimum absolute atomic E-state index is 0.0412. The summed E-state index contributed by atoms with van der Waals surface area (Å²) < 4.78 is 11.1. The van der Waals surface area contributed by atoms with Crippen molar-refractivity contribution in [2.24, 2.45) is 5.73 Å². The minimum atomic E-state index is -1.50. The predicted octanol–water partition coefficient (Wildman–Crippen LogP) is 4.02. The number of primary amides is 1. The van der Waals surface area contributed by atoms with Crippen molar-refractivity contribution in [3.05, 3.63) is 71.8 Å². The molecule has 14 nitrogen and oxygen atoms in total. The third kappa shape index (κ3) is 13.2. The van der Waals surface area contributed by atoms with Crippen molar-refractivity contribution in [2.75, 3.05) is 6.54 Å². The maximum atomic E-state index is 14.2. The second-order valence-corrected chi connectivity index (χ2v) is 16.6. The second-order valence-electron chi connectivity index (χ2n) is 16.6. The van der Waals surface area contributed by atoms with Crippen LogP contribution in [0, 0.1) is 0 Å².